The largest absolute Gasteiger partial charge is 0.370 e. The van der Waals surface area contributed by atoms with Gasteiger partial charge in [0.1, 0.15) is 6.61 Å². The number of rotatable bonds is 30. The third-order valence-corrected chi connectivity index (χ3v) is 8.02. The van der Waals surface area contributed by atoms with Crippen molar-refractivity contribution in [2.45, 2.75) is 155 Å². The van der Waals surface area contributed by atoms with Gasteiger partial charge in [-0.05, 0) is 12.8 Å². The average molecular weight is 592 g/mol. The monoisotopic (exact) mass is 592 g/mol. The van der Waals surface area contributed by atoms with Crippen molar-refractivity contribution >= 4 is 11.8 Å². The van der Waals surface area contributed by atoms with E-state index in [1.807, 2.05) is 4.90 Å². The van der Waals surface area contributed by atoms with Crippen LogP contribution in [0, 0.1) is 0 Å². The number of ether oxygens (including phenoxy) is 1. The van der Waals surface area contributed by atoms with Gasteiger partial charge in [-0.1, -0.05) is 129 Å². The average Bonchev–Trinajstić information content (AvgIpc) is 3.50. The van der Waals surface area contributed by atoms with Crippen LogP contribution in [0.3, 0.4) is 0 Å². The van der Waals surface area contributed by atoms with Crippen LogP contribution in [-0.2, 0) is 20.7 Å². The lowest BCUT2D eigenvalue weighted by Crippen LogP contribution is -2.43. The first-order valence-corrected chi connectivity index (χ1v) is 17.4. The summed E-state index contributed by atoms with van der Waals surface area (Å²) in [6.07, 6.45) is 29.5. The summed E-state index contributed by atoms with van der Waals surface area (Å²) in [5, 5.41) is 2.80. The lowest BCUT2D eigenvalue weighted by atomic mass is 10.1. The molecule has 8 nitrogen and oxygen atoms in total. The molecule has 0 aliphatic heterocycles. The molecule has 4 N–H and O–H groups in total. The second-order valence-corrected chi connectivity index (χ2v) is 12.0. The highest BCUT2D eigenvalue weighted by Gasteiger charge is 2.15. The number of H-pyrrole nitrogens is 1. The molecular weight excluding hydrogens is 526 g/mol. The topological polar surface area (TPSA) is 113 Å². The maximum absolute atomic E-state index is 13.0. The molecule has 244 valence electrons. The number of nitrogens with zero attached hydrogens (tertiary/aromatic N) is 2. The van der Waals surface area contributed by atoms with Crippen molar-refractivity contribution in [3.63, 3.8) is 0 Å². The van der Waals surface area contributed by atoms with E-state index >= 15 is 0 Å². The molecular formula is C34H65N5O3. The minimum atomic E-state index is -0.648. The van der Waals surface area contributed by atoms with Gasteiger partial charge in [0.15, 0.2) is 0 Å². The highest BCUT2D eigenvalue weighted by molar-refractivity contribution is 5.81. The zero-order valence-electron chi connectivity index (χ0n) is 27.3. The first-order valence-electron chi connectivity index (χ1n) is 17.4. The van der Waals surface area contributed by atoms with E-state index in [9.17, 15) is 9.59 Å². The Kier molecular flexibility index (Phi) is 25.3. The van der Waals surface area contributed by atoms with Crippen molar-refractivity contribution < 1.29 is 14.3 Å². The Labute approximate surface area is 257 Å². The Morgan fingerprint density at radius 2 is 1.29 bits per heavy atom. The SMILES string of the molecule is CCCCCCCCCCCCN(CCCCCCCCCCCC)C(=O)COCCNC(=O)C(N)Cc1cnc[nH]1. The zero-order chi connectivity index (χ0) is 30.5. The van der Waals surface area contributed by atoms with Gasteiger partial charge in [-0.25, -0.2) is 4.98 Å². The molecule has 8 heteroatoms. The molecule has 1 aromatic rings. The summed E-state index contributed by atoms with van der Waals surface area (Å²) < 4.78 is 5.65. The first kappa shape index (κ1) is 38.1. The number of imidazole rings is 1. The molecule has 1 aromatic heterocycles. The van der Waals surface area contributed by atoms with E-state index in [0.29, 0.717) is 19.6 Å². The van der Waals surface area contributed by atoms with Gasteiger partial charge in [0.05, 0.1) is 19.0 Å². The summed E-state index contributed by atoms with van der Waals surface area (Å²) in [6.45, 7) is 6.84. The van der Waals surface area contributed by atoms with Crippen molar-refractivity contribution in [2.24, 2.45) is 5.73 Å². The quantitative estimate of drug-likeness (QED) is 0.0827. The third kappa shape index (κ3) is 21.7. The number of nitrogens with two attached hydrogens (primary N) is 1. The molecule has 0 saturated heterocycles. The molecule has 0 fully saturated rings. The van der Waals surface area contributed by atoms with Gasteiger partial charge in [-0.2, -0.15) is 0 Å². The van der Waals surface area contributed by atoms with Crippen molar-refractivity contribution in [3.05, 3.63) is 18.2 Å². The summed E-state index contributed by atoms with van der Waals surface area (Å²) >= 11 is 0. The lowest BCUT2D eigenvalue weighted by molar-refractivity contribution is -0.136. The molecule has 0 aliphatic rings. The maximum Gasteiger partial charge on any atom is 0.248 e. The van der Waals surface area contributed by atoms with Crippen molar-refractivity contribution in [3.8, 4) is 0 Å². The Bertz CT molecular complexity index is 720. The summed E-state index contributed by atoms with van der Waals surface area (Å²) in [6, 6.07) is -0.648. The van der Waals surface area contributed by atoms with Gasteiger partial charge in [0, 0.05) is 37.9 Å². The van der Waals surface area contributed by atoms with Crippen molar-refractivity contribution in [1.29, 1.82) is 0 Å². The highest BCUT2D eigenvalue weighted by atomic mass is 16.5. The van der Waals surface area contributed by atoms with Gasteiger partial charge in [0.2, 0.25) is 11.8 Å². The molecule has 0 spiro atoms. The summed E-state index contributed by atoms with van der Waals surface area (Å²) in [7, 11) is 0. The zero-order valence-corrected chi connectivity index (χ0v) is 27.3. The number of amides is 2. The summed E-state index contributed by atoms with van der Waals surface area (Å²) in [5.41, 5.74) is 6.79. The number of aromatic amines is 1. The Morgan fingerprint density at radius 1 is 0.810 bits per heavy atom. The maximum atomic E-state index is 13.0. The van der Waals surface area contributed by atoms with Gasteiger partial charge >= 0.3 is 0 Å². The number of carbonyl (C=O) groups excluding carboxylic acids is 2. The van der Waals surface area contributed by atoms with E-state index in [-0.39, 0.29) is 18.4 Å². The smallest absolute Gasteiger partial charge is 0.248 e. The molecule has 0 radical (unpaired) electrons. The van der Waals surface area contributed by atoms with Crippen LogP contribution in [0.4, 0.5) is 0 Å². The van der Waals surface area contributed by atoms with Gasteiger partial charge in [-0.15, -0.1) is 0 Å². The van der Waals surface area contributed by atoms with Crippen LogP contribution in [0.25, 0.3) is 0 Å². The first-order chi connectivity index (χ1) is 20.6. The molecule has 0 aliphatic carbocycles. The number of unbranched alkanes of at least 4 members (excludes halogenated alkanes) is 18. The lowest BCUT2D eigenvalue weighted by Gasteiger charge is -2.23. The summed E-state index contributed by atoms with van der Waals surface area (Å²) in [4.78, 5) is 34.1. The molecule has 1 heterocycles. The second kappa shape index (κ2) is 27.9. The minimum Gasteiger partial charge on any atom is -0.370 e. The number of hydrogen-bond acceptors (Lipinski definition) is 5. The molecule has 1 unspecified atom stereocenters. The van der Waals surface area contributed by atoms with E-state index in [1.54, 1.807) is 12.5 Å². The number of aromatic nitrogens is 2. The molecule has 42 heavy (non-hydrogen) atoms. The van der Waals surface area contributed by atoms with Crippen molar-refractivity contribution in [1.82, 2.24) is 20.2 Å². The fourth-order valence-corrected chi connectivity index (χ4v) is 5.30. The van der Waals surface area contributed by atoms with Crippen LogP contribution in [0.1, 0.15) is 148 Å². The predicted molar refractivity (Wildman–Crippen MR) is 174 cm³/mol. The van der Waals surface area contributed by atoms with E-state index in [1.165, 1.54) is 116 Å². The van der Waals surface area contributed by atoms with E-state index < -0.39 is 6.04 Å². The highest BCUT2D eigenvalue weighted by Crippen LogP contribution is 2.13. The second-order valence-electron chi connectivity index (χ2n) is 12.0. The van der Waals surface area contributed by atoms with E-state index in [2.05, 4.69) is 29.1 Å². The van der Waals surface area contributed by atoms with Crippen LogP contribution in [0.15, 0.2) is 12.5 Å². The Hall–Kier alpha value is -1.93. The molecule has 1 atom stereocenters. The van der Waals surface area contributed by atoms with Gasteiger partial charge < -0.3 is 25.7 Å². The number of hydrogen-bond donors (Lipinski definition) is 3. The van der Waals surface area contributed by atoms with Gasteiger partial charge in [0.25, 0.3) is 0 Å². The fourth-order valence-electron chi connectivity index (χ4n) is 5.30. The Morgan fingerprint density at radius 3 is 1.74 bits per heavy atom. The number of nitrogens with one attached hydrogen (secondary N) is 2. The third-order valence-electron chi connectivity index (χ3n) is 8.02. The van der Waals surface area contributed by atoms with Crippen LogP contribution >= 0.6 is 0 Å². The van der Waals surface area contributed by atoms with Gasteiger partial charge in [-0.3, -0.25) is 9.59 Å². The van der Waals surface area contributed by atoms with Crippen molar-refractivity contribution in [2.75, 3.05) is 32.8 Å². The Balaban J connectivity index is 2.26. The van der Waals surface area contributed by atoms with E-state index in [4.69, 9.17) is 10.5 Å². The molecule has 0 saturated carbocycles. The van der Waals surface area contributed by atoms with E-state index in [0.717, 1.165) is 31.6 Å². The predicted octanol–water partition coefficient (Wildman–Crippen LogP) is 7.08. The minimum absolute atomic E-state index is 0.0594. The molecule has 1 rings (SSSR count). The molecule has 0 aromatic carbocycles. The summed E-state index contributed by atoms with van der Waals surface area (Å²) in [5.74, 6) is -0.174. The molecule has 0 bridgehead atoms. The van der Waals surface area contributed by atoms with Crippen LogP contribution in [0.2, 0.25) is 0 Å². The standard InChI is InChI=1S/C34H65N5O3/c1-3-5-7-9-11-13-15-17-19-21-24-39(25-22-20-18-16-14-12-10-8-6-4-2)33(40)29-42-26-23-37-34(41)32(35)27-31-28-36-30-38-31/h28,30,32H,3-27,29,35H2,1-2H3,(H,36,38)(H,37,41). The molecule has 2 amide bonds. The fraction of sp³-hybridized carbons (Fsp3) is 0.853. The van der Waals surface area contributed by atoms with Crippen LogP contribution < -0.4 is 11.1 Å². The normalized spacial score (nSPS) is 12.0. The van der Waals surface area contributed by atoms with Crippen LogP contribution in [0.5, 0.6) is 0 Å². The van der Waals surface area contributed by atoms with Crippen LogP contribution in [-0.4, -0.2) is 65.6 Å². The number of carbonyl (C=O) groups is 2.